The molecule has 3 aromatic carbocycles. The fourth-order valence-corrected chi connectivity index (χ4v) is 3.18. The standard InChI is InChI=1S/C23H20N2O6/c1-30-22(26)17-9-6-10-19(21(17)23(27)31-2)24-18-12-11-16(14-20(18)25(28)29)13-15-7-4-3-5-8-15/h3-12,14,24H,13H2,1-2H3. The molecule has 0 amide bonds. The summed E-state index contributed by atoms with van der Waals surface area (Å²) in [5, 5.41) is 14.6. The third kappa shape index (κ3) is 4.87. The highest BCUT2D eigenvalue weighted by molar-refractivity contribution is 6.07. The number of nitrogens with one attached hydrogen (secondary N) is 1. The van der Waals surface area contributed by atoms with E-state index in [9.17, 15) is 19.7 Å². The summed E-state index contributed by atoms with van der Waals surface area (Å²) >= 11 is 0. The van der Waals surface area contributed by atoms with Gasteiger partial charge in [-0.2, -0.15) is 0 Å². The van der Waals surface area contributed by atoms with Crippen molar-refractivity contribution in [3.05, 3.63) is 99.1 Å². The van der Waals surface area contributed by atoms with Crippen molar-refractivity contribution in [3.63, 3.8) is 0 Å². The molecule has 0 aliphatic heterocycles. The van der Waals surface area contributed by atoms with E-state index in [0.29, 0.717) is 6.42 Å². The van der Waals surface area contributed by atoms with Crippen LogP contribution in [0.3, 0.4) is 0 Å². The number of ether oxygens (including phenoxy) is 2. The molecule has 31 heavy (non-hydrogen) atoms. The molecule has 0 atom stereocenters. The number of benzene rings is 3. The molecule has 0 saturated carbocycles. The van der Waals surface area contributed by atoms with Gasteiger partial charge in [-0.1, -0.05) is 42.5 Å². The summed E-state index contributed by atoms with van der Waals surface area (Å²) in [5.74, 6) is -1.50. The Bertz CT molecular complexity index is 1130. The van der Waals surface area contributed by atoms with E-state index in [0.717, 1.165) is 11.1 Å². The fraction of sp³-hybridized carbons (Fsp3) is 0.130. The van der Waals surface area contributed by atoms with Gasteiger partial charge in [-0.25, -0.2) is 9.59 Å². The van der Waals surface area contributed by atoms with Crippen molar-refractivity contribution in [2.75, 3.05) is 19.5 Å². The molecule has 0 saturated heterocycles. The molecule has 8 heteroatoms. The van der Waals surface area contributed by atoms with E-state index < -0.39 is 16.9 Å². The SMILES string of the molecule is COC(=O)c1cccc(Nc2ccc(Cc3ccccc3)cc2[N+](=O)[O-])c1C(=O)OC. The monoisotopic (exact) mass is 420 g/mol. The number of rotatable bonds is 7. The second-order valence-electron chi connectivity index (χ2n) is 6.61. The Labute approximate surface area is 178 Å². The summed E-state index contributed by atoms with van der Waals surface area (Å²) in [6.45, 7) is 0. The Morgan fingerprint density at radius 2 is 1.58 bits per heavy atom. The van der Waals surface area contributed by atoms with Gasteiger partial charge in [-0.3, -0.25) is 10.1 Å². The van der Waals surface area contributed by atoms with Gasteiger partial charge in [0.2, 0.25) is 0 Å². The smallest absolute Gasteiger partial charge is 0.340 e. The molecule has 8 nitrogen and oxygen atoms in total. The molecule has 0 fully saturated rings. The summed E-state index contributed by atoms with van der Waals surface area (Å²) in [5.41, 5.74) is 1.91. The number of carbonyl (C=O) groups is 2. The van der Waals surface area contributed by atoms with E-state index in [4.69, 9.17) is 9.47 Å². The molecule has 0 aliphatic rings. The Morgan fingerprint density at radius 1 is 0.871 bits per heavy atom. The number of nitro benzene ring substituents is 1. The van der Waals surface area contributed by atoms with Crippen LogP contribution in [0.5, 0.6) is 0 Å². The van der Waals surface area contributed by atoms with Gasteiger partial charge >= 0.3 is 11.9 Å². The van der Waals surface area contributed by atoms with Crippen LogP contribution in [0.4, 0.5) is 17.1 Å². The second-order valence-corrected chi connectivity index (χ2v) is 6.61. The summed E-state index contributed by atoms with van der Waals surface area (Å²) in [6.07, 6.45) is 0.535. The molecular formula is C23H20N2O6. The Balaban J connectivity index is 2.01. The highest BCUT2D eigenvalue weighted by atomic mass is 16.6. The summed E-state index contributed by atoms with van der Waals surface area (Å²) in [6, 6.07) is 18.9. The third-order valence-electron chi connectivity index (χ3n) is 4.64. The van der Waals surface area contributed by atoms with E-state index in [2.05, 4.69) is 5.32 Å². The molecule has 0 unspecified atom stereocenters. The lowest BCUT2D eigenvalue weighted by Crippen LogP contribution is -2.14. The largest absolute Gasteiger partial charge is 0.465 e. The lowest BCUT2D eigenvalue weighted by Gasteiger charge is -2.14. The first-order valence-electron chi connectivity index (χ1n) is 9.32. The number of esters is 2. The first-order chi connectivity index (χ1) is 14.9. The molecular weight excluding hydrogens is 400 g/mol. The van der Waals surface area contributed by atoms with Crippen LogP contribution in [-0.4, -0.2) is 31.1 Å². The lowest BCUT2D eigenvalue weighted by atomic mass is 10.0. The zero-order valence-corrected chi connectivity index (χ0v) is 17.0. The van der Waals surface area contributed by atoms with E-state index in [1.165, 1.54) is 38.5 Å². The van der Waals surface area contributed by atoms with E-state index in [1.807, 2.05) is 30.3 Å². The van der Waals surface area contributed by atoms with Crippen molar-refractivity contribution in [3.8, 4) is 0 Å². The minimum atomic E-state index is -0.771. The van der Waals surface area contributed by atoms with Crippen LogP contribution in [0, 0.1) is 10.1 Å². The molecule has 0 spiro atoms. The van der Waals surface area contributed by atoms with Gasteiger partial charge in [0, 0.05) is 6.07 Å². The average molecular weight is 420 g/mol. The normalized spacial score (nSPS) is 10.3. The summed E-state index contributed by atoms with van der Waals surface area (Å²) < 4.78 is 9.52. The van der Waals surface area contributed by atoms with Crippen LogP contribution in [0.25, 0.3) is 0 Å². The van der Waals surface area contributed by atoms with Crippen LogP contribution in [-0.2, 0) is 15.9 Å². The van der Waals surface area contributed by atoms with Gasteiger partial charge in [-0.15, -0.1) is 0 Å². The van der Waals surface area contributed by atoms with Crippen LogP contribution < -0.4 is 5.32 Å². The van der Waals surface area contributed by atoms with Crippen LogP contribution in [0.2, 0.25) is 0 Å². The maximum Gasteiger partial charge on any atom is 0.340 e. The number of nitrogens with zero attached hydrogens (tertiary/aromatic N) is 1. The number of hydrogen-bond acceptors (Lipinski definition) is 7. The maximum atomic E-state index is 12.3. The van der Waals surface area contributed by atoms with Crippen LogP contribution in [0.15, 0.2) is 66.7 Å². The number of carbonyl (C=O) groups excluding carboxylic acids is 2. The molecule has 1 N–H and O–H groups in total. The van der Waals surface area contributed by atoms with Gasteiger partial charge in [0.05, 0.1) is 36.0 Å². The average Bonchev–Trinajstić information content (AvgIpc) is 2.79. The fourth-order valence-electron chi connectivity index (χ4n) is 3.18. The van der Waals surface area contributed by atoms with Gasteiger partial charge < -0.3 is 14.8 Å². The van der Waals surface area contributed by atoms with Crippen molar-refractivity contribution < 1.29 is 24.0 Å². The van der Waals surface area contributed by atoms with Gasteiger partial charge in [0.15, 0.2) is 0 Å². The minimum Gasteiger partial charge on any atom is -0.465 e. The van der Waals surface area contributed by atoms with E-state index in [-0.39, 0.29) is 28.2 Å². The zero-order valence-electron chi connectivity index (χ0n) is 17.0. The van der Waals surface area contributed by atoms with Crippen molar-refractivity contribution in [1.29, 1.82) is 0 Å². The number of methoxy groups -OCH3 is 2. The molecule has 158 valence electrons. The van der Waals surface area contributed by atoms with E-state index >= 15 is 0 Å². The first-order valence-corrected chi connectivity index (χ1v) is 9.32. The maximum absolute atomic E-state index is 12.3. The van der Waals surface area contributed by atoms with Crippen molar-refractivity contribution in [2.24, 2.45) is 0 Å². The second kappa shape index (κ2) is 9.53. The molecule has 3 rings (SSSR count). The van der Waals surface area contributed by atoms with Gasteiger partial charge in [0.1, 0.15) is 5.69 Å². The number of nitro groups is 1. The van der Waals surface area contributed by atoms with Crippen molar-refractivity contribution in [1.82, 2.24) is 0 Å². The lowest BCUT2D eigenvalue weighted by molar-refractivity contribution is -0.384. The molecule has 0 heterocycles. The van der Waals surface area contributed by atoms with E-state index in [1.54, 1.807) is 12.1 Å². The highest BCUT2D eigenvalue weighted by Gasteiger charge is 2.24. The van der Waals surface area contributed by atoms with Gasteiger partial charge in [-0.05, 0) is 35.7 Å². The third-order valence-corrected chi connectivity index (χ3v) is 4.64. The Morgan fingerprint density at radius 3 is 2.23 bits per heavy atom. The van der Waals surface area contributed by atoms with Crippen molar-refractivity contribution >= 4 is 29.0 Å². The van der Waals surface area contributed by atoms with Crippen LogP contribution >= 0.6 is 0 Å². The van der Waals surface area contributed by atoms with Crippen molar-refractivity contribution in [2.45, 2.75) is 6.42 Å². The Kier molecular flexibility index (Phi) is 6.61. The quantitative estimate of drug-likeness (QED) is 0.340. The molecule has 0 bridgehead atoms. The molecule has 0 aromatic heterocycles. The number of anilines is 2. The first kappa shape index (κ1) is 21.5. The molecule has 3 aromatic rings. The molecule has 0 aliphatic carbocycles. The summed E-state index contributed by atoms with van der Waals surface area (Å²) in [7, 11) is 2.38. The summed E-state index contributed by atoms with van der Waals surface area (Å²) in [4.78, 5) is 35.6. The van der Waals surface area contributed by atoms with Crippen LogP contribution in [0.1, 0.15) is 31.8 Å². The topological polar surface area (TPSA) is 108 Å². The zero-order chi connectivity index (χ0) is 22.4. The van der Waals surface area contributed by atoms with Gasteiger partial charge in [0.25, 0.3) is 5.69 Å². The minimum absolute atomic E-state index is 0.0114. The molecule has 0 radical (unpaired) electrons. The predicted molar refractivity (Wildman–Crippen MR) is 115 cm³/mol. The predicted octanol–water partition coefficient (Wildman–Crippen LogP) is 4.50. The highest BCUT2D eigenvalue weighted by Crippen LogP contribution is 2.32. The number of hydrogen-bond donors (Lipinski definition) is 1. The Hall–Kier alpha value is -4.20.